The van der Waals surface area contributed by atoms with Gasteiger partial charge in [-0.3, -0.25) is 9.69 Å². The fourth-order valence-electron chi connectivity index (χ4n) is 3.54. The van der Waals surface area contributed by atoms with Crippen LogP contribution in [0.5, 0.6) is 5.75 Å². The maximum absolute atomic E-state index is 13.5. The first-order valence-corrected chi connectivity index (χ1v) is 9.61. The van der Waals surface area contributed by atoms with Crippen LogP contribution in [0.3, 0.4) is 0 Å². The molecule has 1 saturated heterocycles. The van der Waals surface area contributed by atoms with Crippen LogP contribution in [0.4, 0.5) is 4.39 Å². The Bertz CT molecular complexity index is 835. The summed E-state index contributed by atoms with van der Waals surface area (Å²) in [6, 6.07) is 10.6. The summed E-state index contributed by atoms with van der Waals surface area (Å²) >= 11 is 3.34. The van der Waals surface area contributed by atoms with Gasteiger partial charge in [-0.2, -0.15) is 0 Å². The van der Waals surface area contributed by atoms with Gasteiger partial charge in [0.2, 0.25) is 0 Å². The fraction of sp³-hybridized carbons (Fsp3) is 0.350. The molecule has 0 atom stereocenters. The van der Waals surface area contributed by atoms with Crippen LogP contribution in [0.1, 0.15) is 21.5 Å². The molecule has 1 fully saturated rings. The summed E-state index contributed by atoms with van der Waals surface area (Å²) in [4.78, 5) is 16.8. The van der Waals surface area contributed by atoms with Crippen molar-refractivity contribution >= 4 is 21.8 Å². The molecule has 2 aliphatic heterocycles. The van der Waals surface area contributed by atoms with Crippen molar-refractivity contribution in [1.82, 2.24) is 9.80 Å². The van der Waals surface area contributed by atoms with Gasteiger partial charge in [0.15, 0.2) is 0 Å². The van der Waals surface area contributed by atoms with Gasteiger partial charge < -0.3 is 9.64 Å². The number of hydrogen-bond donors (Lipinski definition) is 0. The van der Waals surface area contributed by atoms with Gasteiger partial charge in [-0.1, -0.05) is 12.1 Å². The standard InChI is InChI=1S/C20H20BrFN2O2/c21-18-3-2-16(22)12-17(18)20(25)24-8-6-23(7-9-24)13-14-1-4-19-15(11-14)5-10-26-19/h1-4,11-12H,5-10,13H2. The first-order valence-electron chi connectivity index (χ1n) is 8.81. The highest BCUT2D eigenvalue weighted by Gasteiger charge is 2.24. The quantitative estimate of drug-likeness (QED) is 0.764. The Morgan fingerprint density at radius 2 is 1.92 bits per heavy atom. The third-order valence-electron chi connectivity index (χ3n) is 4.98. The number of nitrogens with zero attached hydrogens (tertiary/aromatic N) is 2. The van der Waals surface area contributed by atoms with Crippen molar-refractivity contribution in [3.63, 3.8) is 0 Å². The number of carbonyl (C=O) groups excluding carboxylic acids is 1. The van der Waals surface area contributed by atoms with Gasteiger partial charge in [0, 0.05) is 43.6 Å². The molecule has 0 unspecified atom stereocenters. The van der Waals surface area contributed by atoms with E-state index in [-0.39, 0.29) is 5.91 Å². The lowest BCUT2D eigenvalue weighted by molar-refractivity contribution is 0.0627. The Morgan fingerprint density at radius 3 is 2.73 bits per heavy atom. The molecule has 2 heterocycles. The summed E-state index contributed by atoms with van der Waals surface area (Å²) in [5.74, 6) is 0.492. The van der Waals surface area contributed by atoms with Crippen molar-refractivity contribution in [2.75, 3.05) is 32.8 Å². The molecule has 0 N–H and O–H groups in total. The first-order chi connectivity index (χ1) is 12.6. The number of fused-ring (bicyclic) bond motifs is 1. The third kappa shape index (κ3) is 3.62. The lowest BCUT2D eigenvalue weighted by atomic mass is 10.1. The van der Waals surface area contributed by atoms with Crippen LogP contribution in [0.2, 0.25) is 0 Å². The smallest absolute Gasteiger partial charge is 0.255 e. The van der Waals surface area contributed by atoms with E-state index < -0.39 is 5.82 Å². The van der Waals surface area contributed by atoms with Crippen LogP contribution in [0.15, 0.2) is 40.9 Å². The van der Waals surface area contributed by atoms with E-state index in [1.807, 2.05) is 0 Å². The Kier molecular flexibility index (Phi) is 4.96. The highest BCUT2D eigenvalue weighted by atomic mass is 79.9. The number of amides is 1. The zero-order chi connectivity index (χ0) is 18.1. The lowest BCUT2D eigenvalue weighted by Gasteiger charge is -2.35. The van der Waals surface area contributed by atoms with Gasteiger partial charge in [-0.25, -0.2) is 4.39 Å². The molecule has 6 heteroatoms. The topological polar surface area (TPSA) is 32.8 Å². The van der Waals surface area contributed by atoms with Gasteiger partial charge in [0.05, 0.1) is 12.2 Å². The van der Waals surface area contributed by atoms with Crippen molar-refractivity contribution in [3.05, 3.63) is 63.4 Å². The van der Waals surface area contributed by atoms with Crippen molar-refractivity contribution in [2.45, 2.75) is 13.0 Å². The molecule has 0 bridgehead atoms. The molecule has 2 aromatic rings. The van der Waals surface area contributed by atoms with E-state index in [4.69, 9.17) is 4.74 Å². The predicted molar refractivity (Wildman–Crippen MR) is 101 cm³/mol. The number of piperazine rings is 1. The van der Waals surface area contributed by atoms with E-state index in [1.54, 1.807) is 11.0 Å². The molecule has 0 aromatic heterocycles. The minimum Gasteiger partial charge on any atom is -0.493 e. The average molecular weight is 419 g/mol. The molecular weight excluding hydrogens is 399 g/mol. The molecule has 1 amide bonds. The summed E-state index contributed by atoms with van der Waals surface area (Å²) in [6.45, 7) is 4.57. The van der Waals surface area contributed by atoms with E-state index in [9.17, 15) is 9.18 Å². The summed E-state index contributed by atoms with van der Waals surface area (Å²) < 4.78 is 19.7. The Labute approximate surface area is 160 Å². The second kappa shape index (κ2) is 7.37. The zero-order valence-electron chi connectivity index (χ0n) is 14.4. The van der Waals surface area contributed by atoms with Crippen molar-refractivity contribution in [2.24, 2.45) is 0 Å². The number of benzene rings is 2. The van der Waals surface area contributed by atoms with Crippen molar-refractivity contribution < 1.29 is 13.9 Å². The molecule has 2 aromatic carbocycles. The molecule has 136 valence electrons. The summed E-state index contributed by atoms with van der Waals surface area (Å²) in [5, 5.41) is 0. The highest BCUT2D eigenvalue weighted by Crippen LogP contribution is 2.26. The average Bonchev–Trinajstić information content (AvgIpc) is 3.11. The van der Waals surface area contributed by atoms with Crippen LogP contribution in [0.25, 0.3) is 0 Å². The largest absolute Gasteiger partial charge is 0.493 e. The van der Waals surface area contributed by atoms with E-state index in [0.717, 1.165) is 38.4 Å². The molecule has 26 heavy (non-hydrogen) atoms. The van der Waals surface area contributed by atoms with Gasteiger partial charge in [-0.15, -0.1) is 0 Å². The minimum atomic E-state index is -0.393. The number of hydrogen-bond acceptors (Lipinski definition) is 3. The Morgan fingerprint density at radius 1 is 1.12 bits per heavy atom. The maximum atomic E-state index is 13.5. The van der Waals surface area contributed by atoms with Gasteiger partial charge in [0.1, 0.15) is 11.6 Å². The van der Waals surface area contributed by atoms with E-state index in [1.165, 1.54) is 23.3 Å². The Hall–Kier alpha value is -1.92. The van der Waals surface area contributed by atoms with E-state index in [2.05, 4.69) is 39.0 Å². The number of ether oxygens (including phenoxy) is 1. The molecular formula is C20H20BrFN2O2. The third-order valence-corrected chi connectivity index (χ3v) is 5.67. The van der Waals surface area contributed by atoms with Crippen molar-refractivity contribution in [1.29, 1.82) is 0 Å². The van der Waals surface area contributed by atoms with Crippen LogP contribution in [-0.4, -0.2) is 48.5 Å². The summed E-state index contributed by atoms with van der Waals surface area (Å²) in [7, 11) is 0. The monoisotopic (exact) mass is 418 g/mol. The van der Waals surface area contributed by atoms with Gasteiger partial charge in [0.25, 0.3) is 5.91 Å². The molecule has 4 nitrogen and oxygen atoms in total. The van der Waals surface area contributed by atoms with Crippen molar-refractivity contribution in [3.8, 4) is 5.75 Å². The minimum absolute atomic E-state index is 0.120. The van der Waals surface area contributed by atoms with Crippen LogP contribution in [-0.2, 0) is 13.0 Å². The second-order valence-corrected chi connectivity index (χ2v) is 7.59. The predicted octanol–water partition coefficient (Wildman–Crippen LogP) is 3.48. The summed E-state index contributed by atoms with van der Waals surface area (Å²) in [6.07, 6.45) is 0.980. The van der Waals surface area contributed by atoms with Crippen LogP contribution in [0, 0.1) is 5.82 Å². The van der Waals surface area contributed by atoms with Crippen LogP contribution < -0.4 is 4.74 Å². The molecule has 0 radical (unpaired) electrons. The number of rotatable bonds is 3. The molecule has 2 aliphatic rings. The highest BCUT2D eigenvalue weighted by molar-refractivity contribution is 9.10. The first kappa shape index (κ1) is 17.5. The molecule has 0 spiro atoms. The summed E-state index contributed by atoms with van der Waals surface area (Å²) in [5.41, 5.74) is 2.95. The van der Waals surface area contributed by atoms with E-state index in [0.29, 0.717) is 23.1 Å². The zero-order valence-corrected chi connectivity index (χ0v) is 16.0. The second-order valence-electron chi connectivity index (χ2n) is 6.73. The lowest BCUT2D eigenvalue weighted by Crippen LogP contribution is -2.48. The normalized spacial score (nSPS) is 17.1. The fourth-order valence-corrected chi connectivity index (χ4v) is 3.95. The number of carbonyl (C=O) groups is 1. The molecule has 0 aliphatic carbocycles. The maximum Gasteiger partial charge on any atom is 0.255 e. The number of halogens is 2. The molecule has 0 saturated carbocycles. The molecule has 4 rings (SSSR count). The van der Waals surface area contributed by atoms with E-state index >= 15 is 0 Å². The van der Waals surface area contributed by atoms with Gasteiger partial charge in [-0.05, 0) is 51.3 Å². The van der Waals surface area contributed by atoms with Crippen LogP contribution >= 0.6 is 15.9 Å². The van der Waals surface area contributed by atoms with Gasteiger partial charge >= 0.3 is 0 Å². The Balaban J connectivity index is 1.36. The SMILES string of the molecule is O=C(c1cc(F)ccc1Br)N1CCN(Cc2ccc3c(c2)CCO3)CC1.